The van der Waals surface area contributed by atoms with Crippen molar-refractivity contribution in [2.75, 3.05) is 0 Å². The Balaban J connectivity index is 1.24. The van der Waals surface area contributed by atoms with E-state index in [2.05, 4.69) is 114 Å². The van der Waals surface area contributed by atoms with Gasteiger partial charge in [-0.05, 0) is 70.5 Å². The van der Waals surface area contributed by atoms with Gasteiger partial charge in [0.05, 0.1) is 0 Å². The van der Waals surface area contributed by atoms with E-state index in [1.807, 2.05) is 55.5 Å². The zero-order valence-electron chi connectivity index (χ0n) is 27.7. The number of nitrogens with one attached hydrogen (secondary N) is 1. The largest absolute Gasteiger partial charge is 0.348 e. The number of hydrogen-bond acceptors (Lipinski definition) is 6. The molecule has 1 N–H and O–H groups in total. The molecule has 1 unspecified atom stereocenters. The van der Waals surface area contributed by atoms with Crippen LogP contribution in [-0.4, -0.2) is 32.8 Å². The summed E-state index contributed by atoms with van der Waals surface area (Å²) >= 11 is 0. The first kappa shape index (κ1) is 29.6. The Labute approximate surface area is 291 Å². The molecule has 1 aromatic heterocycles. The maximum absolute atomic E-state index is 5.02. The first-order valence-electron chi connectivity index (χ1n) is 16.8. The zero-order chi connectivity index (χ0) is 33.6. The summed E-state index contributed by atoms with van der Waals surface area (Å²) in [6.45, 7) is 3.98. The van der Waals surface area contributed by atoms with E-state index in [1.54, 1.807) is 0 Å². The van der Waals surface area contributed by atoms with Crippen LogP contribution in [0.4, 0.5) is 0 Å². The number of aromatic nitrogens is 3. The lowest BCUT2D eigenvalue weighted by Crippen LogP contribution is -2.36. The molecule has 2 aliphatic rings. The molecular formula is C44H32N6. The van der Waals surface area contributed by atoms with Crippen LogP contribution >= 0.6 is 0 Å². The predicted molar refractivity (Wildman–Crippen MR) is 203 cm³/mol. The van der Waals surface area contributed by atoms with Crippen LogP contribution in [0.5, 0.6) is 0 Å². The third-order valence-corrected chi connectivity index (χ3v) is 9.28. The Morgan fingerprint density at radius 1 is 0.440 bits per heavy atom. The first-order valence-corrected chi connectivity index (χ1v) is 16.8. The summed E-state index contributed by atoms with van der Waals surface area (Å²) in [5.74, 6) is 3.54. The minimum Gasteiger partial charge on any atom is -0.348 e. The van der Waals surface area contributed by atoms with Crippen molar-refractivity contribution in [3.8, 4) is 67.3 Å². The van der Waals surface area contributed by atoms with Crippen LogP contribution in [0.1, 0.15) is 23.9 Å². The number of amidine groups is 2. The summed E-state index contributed by atoms with van der Waals surface area (Å²) in [6.07, 6.45) is -0.112. The van der Waals surface area contributed by atoms with Gasteiger partial charge in [0.2, 0.25) is 0 Å². The van der Waals surface area contributed by atoms with Crippen molar-refractivity contribution in [2.45, 2.75) is 20.0 Å². The Morgan fingerprint density at radius 2 is 0.900 bits per heavy atom. The van der Waals surface area contributed by atoms with Gasteiger partial charge in [-0.3, -0.25) is 0 Å². The van der Waals surface area contributed by atoms with Gasteiger partial charge in [-0.25, -0.2) is 24.9 Å². The first-order chi connectivity index (χ1) is 24.6. The van der Waals surface area contributed by atoms with Gasteiger partial charge < -0.3 is 5.32 Å². The van der Waals surface area contributed by atoms with E-state index < -0.39 is 0 Å². The van der Waals surface area contributed by atoms with Crippen molar-refractivity contribution in [3.05, 3.63) is 163 Å². The lowest BCUT2D eigenvalue weighted by atomic mass is 9.80. The number of rotatable bonds is 4. The highest BCUT2D eigenvalue weighted by molar-refractivity contribution is 6.14. The number of fused-ring (bicyclic) bond motifs is 8. The average molecular weight is 645 g/mol. The summed E-state index contributed by atoms with van der Waals surface area (Å²) in [5, 5.41) is 3.44. The fourth-order valence-electron chi connectivity index (χ4n) is 6.98. The van der Waals surface area contributed by atoms with E-state index in [-0.39, 0.29) is 6.17 Å². The molecule has 2 heterocycles. The van der Waals surface area contributed by atoms with Gasteiger partial charge >= 0.3 is 0 Å². The van der Waals surface area contributed by atoms with Crippen LogP contribution < -0.4 is 5.32 Å². The highest BCUT2D eigenvalue weighted by Crippen LogP contribution is 2.48. The van der Waals surface area contributed by atoms with Crippen LogP contribution in [0.25, 0.3) is 67.3 Å². The van der Waals surface area contributed by atoms with Gasteiger partial charge in [0, 0.05) is 22.3 Å². The standard InChI is InChI=1S/C44H32N6/c1-27-45-41(29-13-5-3-6-14-29)49-43(47-27)31-21-23-37-38-24-22-32(44-48-28(2)46-42(50-44)30-15-7-4-8-16-30)26-40(38)36-20-12-10-18-34(36)33-17-9-11-19-35(33)39(37)25-31/h3-27H,1-2H3,(H,45,47,49). The SMILES string of the molecule is Cc1nc(-c2ccccc2)nc(-c2ccc3c(c2)-c2ccccc2-c2ccccc2-c2cc(C4=NC(C)NC(c5ccccc5)=N4)ccc2-3)n1. The maximum Gasteiger partial charge on any atom is 0.163 e. The second kappa shape index (κ2) is 12.2. The normalized spacial score (nSPS) is 14.4. The van der Waals surface area contributed by atoms with E-state index in [0.717, 1.165) is 55.9 Å². The highest BCUT2D eigenvalue weighted by atomic mass is 15.2. The molecular weight excluding hydrogens is 613 g/mol. The molecule has 238 valence electrons. The topological polar surface area (TPSA) is 75.4 Å². The van der Waals surface area contributed by atoms with Crippen molar-refractivity contribution < 1.29 is 0 Å². The lowest BCUT2D eigenvalue weighted by Gasteiger charge is -2.25. The molecule has 0 amide bonds. The summed E-state index contributed by atoms with van der Waals surface area (Å²) in [6, 6.07) is 50.8. The molecule has 0 bridgehead atoms. The number of aryl methyl sites for hydroxylation is 1. The number of hydrogen-bond donors (Lipinski definition) is 1. The van der Waals surface area contributed by atoms with Gasteiger partial charge in [0.1, 0.15) is 17.8 Å². The molecule has 1 aliphatic heterocycles. The molecule has 6 aromatic carbocycles. The lowest BCUT2D eigenvalue weighted by molar-refractivity contribution is 0.691. The van der Waals surface area contributed by atoms with Gasteiger partial charge in [0.25, 0.3) is 0 Å². The fraction of sp³-hybridized carbons (Fsp3) is 0.0682. The van der Waals surface area contributed by atoms with Crippen LogP contribution in [0, 0.1) is 6.92 Å². The molecule has 6 nitrogen and oxygen atoms in total. The molecule has 0 saturated carbocycles. The van der Waals surface area contributed by atoms with Crippen LogP contribution in [0.15, 0.2) is 156 Å². The maximum atomic E-state index is 5.02. The minimum absolute atomic E-state index is 0.112. The van der Waals surface area contributed by atoms with E-state index in [0.29, 0.717) is 23.3 Å². The van der Waals surface area contributed by atoms with Crippen LogP contribution in [-0.2, 0) is 0 Å². The second-order valence-corrected chi connectivity index (χ2v) is 12.6. The summed E-state index contributed by atoms with van der Waals surface area (Å²) in [4.78, 5) is 24.4. The fourth-order valence-corrected chi connectivity index (χ4v) is 6.98. The van der Waals surface area contributed by atoms with Crippen molar-refractivity contribution in [2.24, 2.45) is 9.98 Å². The third kappa shape index (κ3) is 5.28. The van der Waals surface area contributed by atoms with Crippen molar-refractivity contribution >= 4 is 11.7 Å². The molecule has 0 radical (unpaired) electrons. The zero-order valence-corrected chi connectivity index (χ0v) is 27.7. The van der Waals surface area contributed by atoms with E-state index >= 15 is 0 Å². The molecule has 6 heteroatoms. The highest BCUT2D eigenvalue weighted by Gasteiger charge is 2.24. The van der Waals surface area contributed by atoms with E-state index in [9.17, 15) is 0 Å². The Bertz CT molecular complexity index is 2480. The Morgan fingerprint density at radius 3 is 1.50 bits per heavy atom. The summed E-state index contributed by atoms with van der Waals surface area (Å²) in [5.41, 5.74) is 13.1. The van der Waals surface area contributed by atoms with Gasteiger partial charge in [-0.1, -0.05) is 133 Å². The van der Waals surface area contributed by atoms with Crippen LogP contribution in [0.3, 0.4) is 0 Å². The number of nitrogens with zero attached hydrogens (tertiary/aromatic N) is 5. The van der Waals surface area contributed by atoms with Gasteiger partial charge in [-0.2, -0.15) is 0 Å². The Hall–Kier alpha value is -6.53. The molecule has 9 rings (SSSR count). The third-order valence-electron chi connectivity index (χ3n) is 9.28. The average Bonchev–Trinajstić information content (AvgIpc) is 3.17. The van der Waals surface area contributed by atoms with Gasteiger partial charge in [-0.15, -0.1) is 0 Å². The predicted octanol–water partition coefficient (Wildman–Crippen LogP) is 9.64. The molecule has 0 saturated heterocycles. The quantitative estimate of drug-likeness (QED) is 0.207. The van der Waals surface area contributed by atoms with Crippen molar-refractivity contribution in [3.63, 3.8) is 0 Å². The summed E-state index contributed by atoms with van der Waals surface area (Å²) < 4.78 is 0. The molecule has 0 fully saturated rings. The van der Waals surface area contributed by atoms with Gasteiger partial charge in [0.15, 0.2) is 17.5 Å². The van der Waals surface area contributed by atoms with E-state index in [4.69, 9.17) is 20.0 Å². The molecule has 50 heavy (non-hydrogen) atoms. The number of benzene rings is 6. The van der Waals surface area contributed by atoms with Crippen LogP contribution in [0.2, 0.25) is 0 Å². The second-order valence-electron chi connectivity index (χ2n) is 12.6. The molecule has 0 spiro atoms. The number of aliphatic imine (C=N–C) groups is 2. The van der Waals surface area contributed by atoms with Crippen molar-refractivity contribution in [1.82, 2.24) is 20.3 Å². The van der Waals surface area contributed by atoms with E-state index in [1.165, 1.54) is 16.7 Å². The molecule has 1 aliphatic carbocycles. The molecule has 7 aromatic rings. The smallest absolute Gasteiger partial charge is 0.163 e. The monoisotopic (exact) mass is 644 g/mol. The molecule has 1 atom stereocenters. The minimum atomic E-state index is -0.112. The van der Waals surface area contributed by atoms with Crippen molar-refractivity contribution in [1.29, 1.82) is 0 Å². The summed E-state index contributed by atoms with van der Waals surface area (Å²) in [7, 11) is 0. The Kier molecular flexibility index (Phi) is 7.20.